The molecule has 1 aromatic heterocycles. The molecule has 0 aliphatic carbocycles. The van der Waals surface area contributed by atoms with E-state index in [1.807, 2.05) is 27.8 Å². The van der Waals surface area contributed by atoms with Crippen molar-refractivity contribution in [1.82, 2.24) is 20.0 Å². The lowest BCUT2D eigenvalue weighted by Gasteiger charge is -2.17. The quantitative estimate of drug-likeness (QED) is 0.725. The van der Waals surface area contributed by atoms with Crippen molar-refractivity contribution in [3.8, 4) is 0 Å². The van der Waals surface area contributed by atoms with Crippen molar-refractivity contribution in [2.24, 2.45) is 0 Å². The topological polar surface area (TPSA) is 76.5 Å². The largest absolute Gasteiger partial charge is 0.376 e. The van der Waals surface area contributed by atoms with Gasteiger partial charge in [-0.05, 0) is 31.2 Å². The predicted octanol–water partition coefficient (Wildman–Crippen LogP) is 2.33. The smallest absolute Gasteiger partial charge is 0.274 e. The summed E-state index contributed by atoms with van der Waals surface area (Å²) in [5.74, 6) is 0.0709. The van der Waals surface area contributed by atoms with Crippen molar-refractivity contribution < 1.29 is 14.3 Å². The number of fused-ring (bicyclic) bond motifs is 1. The van der Waals surface area contributed by atoms with E-state index in [4.69, 9.17) is 4.74 Å². The lowest BCUT2D eigenvalue weighted by Crippen LogP contribution is -2.29. The van der Waals surface area contributed by atoms with Gasteiger partial charge in [-0.2, -0.15) is 5.10 Å². The standard InChI is InChI=1S/C23H30N4O3/c28-21(10-6-9-18-7-2-1-3-8-18)24-12-15-27-20-11-16-30-17-19(20)22(25-27)23(29)26-13-4-5-14-26/h1-3,7-8H,4-6,9-17H2,(H,24,28). The molecule has 2 aliphatic rings. The fourth-order valence-corrected chi connectivity index (χ4v) is 4.22. The lowest BCUT2D eigenvalue weighted by molar-refractivity contribution is -0.121. The van der Waals surface area contributed by atoms with Crippen LogP contribution < -0.4 is 5.32 Å². The van der Waals surface area contributed by atoms with Crippen LogP contribution in [0.3, 0.4) is 0 Å². The molecule has 2 aliphatic heterocycles. The van der Waals surface area contributed by atoms with E-state index in [9.17, 15) is 9.59 Å². The zero-order chi connectivity index (χ0) is 20.8. The molecule has 2 amide bonds. The normalized spacial score (nSPS) is 15.8. The van der Waals surface area contributed by atoms with Crippen molar-refractivity contribution in [1.29, 1.82) is 0 Å². The molecule has 4 rings (SSSR count). The van der Waals surface area contributed by atoms with Gasteiger partial charge in [0.25, 0.3) is 5.91 Å². The fourth-order valence-electron chi connectivity index (χ4n) is 4.22. The molecule has 0 radical (unpaired) electrons. The Kier molecular flexibility index (Phi) is 6.79. The van der Waals surface area contributed by atoms with E-state index in [-0.39, 0.29) is 11.8 Å². The third kappa shape index (κ3) is 4.90. The second-order valence-electron chi connectivity index (χ2n) is 7.99. The van der Waals surface area contributed by atoms with Crippen molar-refractivity contribution in [2.75, 3.05) is 26.2 Å². The number of aryl methyl sites for hydroxylation is 1. The van der Waals surface area contributed by atoms with Gasteiger partial charge in [0.05, 0.1) is 19.8 Å². The molecule has 30 heavy (non-hydrogen) atoms. The van der Waals surface area contributed by atoms with Crippen molar-refractivity contribution in [3.63, 3.8) is 0 Å². The Bertz CT molecular complexity index is 872. The zero-order valence-electron chi connectivity index (χ0n) is 17.4. The molecule has 1 saturated heterocycles. The van der Waals surface area contributed by atoms with E-state index in [0.29, 0.717) is 38.4 Å². The molecule has 1 aromatic carbocycles. The van der Waals surface area contributed by atoms with Crippen LogP contribution in [0.2, 0.25) is 0 Å². The fraction of sp³-hybridized carbons (Fsp3) is 0.522. The van der Waals surface area contributed by atoms with Crippen LogP contribution in [-0.2, 0) is 35.5 Å². The van der Waals surface area contributed by atoms with Crippen LogP contribution in [0.15, 0.2) is 30.3 Å². The summed E-state index contributed by atoms with van der Waals surface area (Å²) in [5.41, 5.74) is 3.78. The predicted molar refractivity (Wildman–Crippen MR) is 113 cm³/mol. The maximum atomic E-state index is 12.9. The second kappa shape index (κ2) is 9.89. The van der Waals surface area contributed by atoms with Gasteiger partial charge in [-0.1, -0.05) is 30.3 Å². The Labute approximate surface area is 177 Å². The average Bonchev–Trinajstić information content (AvgIpc) is 3.43. The number of benzene rings is 1. The Morgan fingerprint density at radius 1 is 1.13 bits per heavy atom. The number of hydrogen-bond donors (Lipinski definition) is 1. The second-order valence-corrected chi connectivity index (χ2v) is 7.99. The number of nitrogens with zero attached hydrogens (tertiary/aromatic N) is 3. The Balaban J connectivity index is 1.29. The van der Waals surface area contributed by atoms with Crippen LogP contribution in [0.1, 0.15) is 53.0 Å². The Morgan fingerprint density at radius 2 is 1.93 bits per heavy atom. The van der Waals surface area contributed by atoms with Gasteiger partial charge in [0, 0.05) is 43.7 Å². The van der Waals surface area contributed by atoms with Crippen molar-refractivity contribution in [2.45, 2.75) is 51.7 Å². The SMILES string of the molecule is O=C(CCCc1ccccc1)NCCn1nc(C(=O)N2CCCC2)c2c1CCOC2. The molecular weight excluding hydrogens is 380 g/mol. The molecule has 0 saturated carbocycles. The molecule has 1 fully saturated rings. The summed E-state index contributed by atoms with van der Waals surface area (Å²) in [6.07, 6.45) is 5.11. The summed E-state index contributed by atoms with van der Waals surface area (Å²) in [6.45, 7) is 3.77. The number of nitrogens with one attached hydrogen (secondary N) is 1. The van der Waals surface area contributed by atoms with Gasteiger partial charge in [0.15, 0.2) is 5.69 Å². The van der Waals surface area contributed by atoms with E-state index < -0.39 is 0 Å². The van der Waals surface area contributed by atoms with Gasteiger partial charge in [-0.25, -0.2) is 0 Å². The van der Waals surface area contributed by atoms with Gasteiger partial charge < -0.3 is 15.0 Å². The summed E-state index contributed by atoms with van der Waals surface area (Å²) in [6, 6.07) is 10.2. The van der Waals surface area contributed by atoms with Gasteiger partial charge >= 0.3 is 0 Å². The molecule has 1 N–H and O–H groups in total. The number of aromatic nitrogens is 2. The minimum absolute atomic E-state index is 0.0120. The minimum atomic E-state index is 0.0120. The zero-order valence-corrected chi connectivity index (χ0v) is 17.4. The van der Waals surface area contributed by atoms with Crippen molar-refractivity contribution >= 4 is 11.8 Å². The number of carbonyl (C=O) groups is 2. The maximum Gasteiger partial charge on any atom is 0.274 e. The molecule has 0 atom stereocenters. The molecular formula is C23H30N4O3. The summed E-state index contributed by atoms with van der Waals surface area (Å²) in [4.78, 5) is 26.9. The maximum absolute atomic E-state index is 12.9. The van der Waals surface area contributed by atoms with Gasteiger partial charge in [0.2, 0.25) is 5.91 Å². The highest BCUT2D eigenvalue weighted by Crippen LogP contribution is 2.23. The third-order valence-electron chi connectivity index (χ3n) is 5.85. The first-order valence-corrected chi connectivity index (χ1v) is 11.0. The number of rotatable bonds is 8. The summed E-state index contributed by atoms with van der Waals surface area (Å²) >= 11 is 0. The summed E-state index contributed by atoms with van der Waals surface area (Å²) in [7, 11) is 0. The Hall–Kier alpha value is -2.67. The summed E-state index contributed by atoms with van der Waals surface area (Å²) < 4.78 is 7.49. The van der Waals surface area contributed by atoms with Crippen LogP contribution in [0.25, 0.3) is 0 Å². The number of likely N-dealkylation sites (tertiary alicyclic amines) is 1. The van der Waals surface area contributed by atoms with E-state index in [1.54, 1.807) is 0 Å². The first kappa shape index (κ1) is 20.6. The number of amides is 2. The van der Waals surface area contributed by atoms with Gasteiger partial charge in [0.1, 0.15) is 0 Å². The molecule has 7 heteroatoms. The van der Waals surface area contributed by atoms with E-state index in [1.165, 1.54) is 5.56 Å². The highest BCUT2D eigenvalue weighted by molar-refractivity contribution is 5.94. The highest BCUT2D eigenvalue weighted by Gasteiger charge is 2.29. The third-order valence-corrected chi connectivity index (χ3v) is 5.85. The van der Waals surface area contributed by atoms with Gasteiger partial charge in [-0.15, -0.1) is 0 Å². The molecule has 160 valence electrons. The molecule has 3 heterocycles. The van der Waals surface area contributed by atoms with Crippen molar-refractivity contribution in [3.05, 3.63) is 52.8 Å². The number of carbonyl (C=O) groups excluding carboxylic acids is 2. The molecule has 0 bridgehead atoms. The first-order valence-electron chi connectivity index (χ1n) is 11.0. The van der Waals surface area contributed by atoms with Crippen LogP contribution in [0.5, 0.6) is 0 Å². The molecule has 0 spiro atoms. The first-order chi connectivity index (χ1) is 14.7. The number of hydrogen-bond acceptors (Lipinski definition) is 4. The van der Waals surface area contributed by atoms with Crippen LogP contribution in [0, 0.1) is 0 Å². The van der Waals surface area contributed by atoms with E-state index in [2.05, 4.69) is 22.5 Å². The van der Waals surface area contributed by atoms with E-state index >= 15 is 0 Å². The molecule has 0 unspecified atom stereocenters. The monoisotopic (exact) mass is 410 g/mol. The van der Waals surface area contributed by atoms with E-state index in [0.717, 1.165) is 56.5 Å². The molecule has 2 aromatic rings. The van der Waals surface area contributed by atoms with Crippen LogP contribution >= 0.6 is 0 Å². The lowest BCUT2D eigenvalue weighted by atomic mass is 10.1. The van der Waals surface area contributed by atoms with Crippen LogP contribution in [0.4, 0.5) is 0 Å². The minimum Gasteiger partial charge on any atom is -0.376 e. The molecule has 7 nitrogen and oxygen atoms in total. The Morgan fingerprint density at radius 3 is 2.73 bits per heavy atom. The average molecular weight is 411 g/mol. The van der Waals surface area contributed by atoms with Crippen LogP contribution in [-0.4, -0.2) is 52.7 Å². The van der Waals surface area contributed by atoms with Gasteiger partial charge in [-0.3, -0.25) is 14.3 Å². The summed E-state index contributed by atoms with van der Waals surface area (Å²) in [5, 5.41) is 7.62. The number of ether oxygens (including phenoxy) is 1. The highest BCUT2D eigenvalue weighted by atomic mass is 16.5.